The van der Waals surface area contributed by atoms with Crippen LogP contribution in [0.1, 0.15) is 55.8 Å². The van der Waals surface area contributed by atoms with Crippen LogP contribution in [0.3, 0.4) is 0 Å². The monoisotopic (exact) mass is 230 g/mol. The average molecular weight is 230 g/mol. The van der Waals surface area contributed by atoms with Gasteiger partial charge in [0, 0.05) is 12.0 Å². The van der Waals surface area contributed by atoms with Gasteiger partial charge in [-0.2, -0.15) is 0 Å². The number of rotatable bonds is 3. The molecule has 1 saturated carbocycles. The highest BCUT2D eigenvalue weighted by atomic mass is 16.1. The zero-order valence-corrected chi connectivity index (χ0v) is 10.7. The van der Waals surface area contributed by atoms with Crippen LogP contribution in [0.4, 0.5) is 0 Å². The van der Waals surface area contributed by atoms with E-state index in [0.717, 1.165) is 17.9 Å². The molecule has 1 aromatic rings. The van der Waals surface area contributed by atoms with Gasteiger partial charge in [-0.3, -0.25) is 4.79 Å². The molecule has 0 aromatic heterocycles. The van der Waals surface area contributed by atoms with Gasteiger partial charge >= 0.3 is 0 Å². The molecule has 2 rings (SSSR count). The van der Waals surface area contributed by atoms with Crippen molar-refractivity contribution >= 4 is 5.78 Å². The molecule has 1 nitrogen and oxygen atoms in total. The summed E-state index contributed by atoms with van der Waals surface area (Å²) in [4.78, 5) is 12.1. The van der Waals surface area contributed by atoms with E-state index in [1.807, 2.05) is 30.3 Å². The minimum Gasteiger partial charge on any atom is -0.294 e. The molecule has 0 aliphatic heterocycles. The van der Waals surface area contributed by atoms with E-state index in [1.165, 1.54) is 32.1 Å². The molecule has 0 spiro atoms. The van der Waals surface area contributed by atoms with E-state index >= 15 is 0 Å². The second kappa shape index (κ2) is 6.00. The Bertz CT molecular complexity index is 355. The molecule has 1 aliphatic rings. The maximum Gasteiger partial charge on any atom is 0.163 e. The van der Waals surface area contributed by atoms with E-state index in [2.05, 4.69) is 6.92 Å². The highest BCUT2D eigenvalue weighted by Crippen LogP contribution is 2.30. The standard InChI is InChI=1S/C16H22O/c1-13-7-5-6-8-14(11-13)12-16(17)15-9-3-2-4-10-15/h2-4,9-10,13-14H,5-8,11-12H2,1H3. The highest BCUT2D eigenvalue weighted by Gasteiger charge is 2.20. The first kappa shape index (κ1) is 12.3. The average Bonchev–Trinajstić information content (AvgIpc) is 2.55. The summed E-state index contributed by atoms with van der Waals surface area (Å²) < 4.78 is 0. The molecule has 0 N–H and O–H groups in total. The summed E-state index contributed by atoms with van der Waals surface area (Å²) in [6.45, 7) is 2.32. The van der Waals surface area contributed by atoms with Gasteiger partial charge in [-0.1, -0.05) is 62.9 Å². The Balaban J connectivity index is 1.94. The largest absolute Gasteiger partial charge is 0.294 e. The van der Waals surface area contributed by atoms with E-state index in [4.69, 9.17) is 0 Å². The van der Waals surface area contributed by atoms with Crippen molar-refractivity contribution in [1.82, 2.24) is 0 Å². The van der Waals surface area contributed by atoms with Crippen molar-refractivity contribution in [3.8, 4) is 0 Å². The quantitative estimate of drug-likeness (QED) is 0.553. The van der Waals surface area contributed by atoms with Gasteiger partial charge in [0.15, 0.2) is 5.78 Å². The second-order valence-electron chi connectivity index (χ2n) is 5.48. The van der Waals surface area contributed by atoms with Crippen LogP contribution in [-0.4, -0.2) is 5.78 Å². The van der Waals surface area contributed by atoms with Crippen molar-refractivity contribution in [1.29, 1.82) is 0 Å². The summed E-state index contributed by atoms with van der Waals surface area (Å²) in [6, 6.07) is 9.72. The van der Waals surface area contributed by atoms with Gasteiger partial charge in [-0.25, -0.2) is 0 Å². The Hall–Kier alpha value is -1.11. The number of hydrogen-bond donors (Lipinski definition) is 0. The summed E-state index contributed by atoms with van der Waals surface area (Å²) in [5, 5.41) is 0. The van der Waals surface area contributed by atoms with Crippen molar-refractivity contribution in [3.63, 3.8) is 0 Å². The molecule has 0 amide bonds. The molecule has 0 radical (unpaired) electrons. The number of carbonyl (C=O) groups excluding carboxylic acids is 1. The molecule has 1 aromatic carbocycles. The SMILES string of the molecule is CC1CCCCC(CC(=O)c2ccccc2)C1. The lowest BCUT2D eigenvalue weighted by atomic mass is 9.89. The lowest BCUT2D eigenvalue weighted by molar-refractivity contribution is 0.0954. The van der Waals surface area contributed by atoms with Crippen LogP contribution in [-0.2, 0) is 0 Å². The molecule has 2 unspecified atom stereocenters. The Morgan fingerprint density at radius 3 is 2.65 bits per heavy atom. The molecule has 2 atom stereocenters. The maximum atomic E-state index is 12.1. The normalized spacial score (nSPS) is 25.2. The summed E-state index contributed by atoms with van der Waals surface area (Å²) in [5.74, 6) is 1.73. The molecular formula is C16H22O. The van der Waals surface area contributed by atoms with Gasteiger partial charge in [0.1, 0.15) is 0 Å². The third-order valence-electron chi connectivity index (χ3n) is 3.86. The third kappa shape index (κ3) is 3.69. The summed E-state index contributed by atoms with van der Waals surface area (Å²) in [7, 11) is 0. The fourth-order valence-electron chi connectivity index (χ4n) is 2.92. The van der Waals surface area contributed by atoms with Crippen LogP contribution in [0.15, 0.2) is 30.3 Å². The molecule has 0 heterocycles. The third-order valence-corrected chi connectivity index (χ3v) is 3.86. The first-order valence-electron chi connectivity index (χ1n) is 6.84. The Morgan fingerprint density at radius 1 is 1.18 bits per heavy atom. The first-order valence-corrected chi connectivity index (χ1v) is 6.84. The molecule has 1 fully saturated rings. The fourth-order valence-corrected chi connectivity index (χ4v) is 2.92. The lowest BCUT2D eigenvalue weighted by Gasteiger charge is -2.16. The molecule has 92 valence electrons. The smallest absolute Gasteiger partial charge is 0.163 e. The van der Waals surface area contributed by atoms with E-state index in [0.29, 0.717) is 11.7 Å². The number of hydrogen-bond acceptors (Lipinski definition) is 1. The highest BCUT2D eigenvalue weighted by molar-refractivity contribution is 5.96. The lowest BCUT2D eigenvalue weighted by Crippen LogP contribution is -2.10. The van der Waals surface area contributed by atoms with Crippen molar-refractivity contribution < 1.29 is 4.79 Å². The predicted octanol–water partition coefficient (Wildman–Crippen LogP) is 4.48. The molecule has 0 saturated heterocycles. The van der Waals surface area contributed by atoms with E-state index in [-0.39, 0.29) is 0 Å². The molecular weight excluding hydrogens is 208 g/mol. The minimum atomic E-state index is 0.324. The Morgan fingerprint density at radius 2 is 1.88 bits per heavy atom. The van der Waals surface area contributed by atoms with Gasteiger partial charge in [0.05, 0.1) is 0 Å². The maximum absolute atomic E-state index is 12.1. The zero-order valence-electron chi connectivity index (χ0n) is 10.7. The molecule has 17 heavy (non-hydrogen) atoms. The summed E-state index contributed by atoms with van der Waals surface area (Å²) in [6.07, 6.45) is 7.21. The van der Waals surface area contributed by atoms with E-state index < -0.39 is 0 Å². The van der Waals surface area contributed by atoms with E-state index in [9.17, 15) is 4.79 Å². The topological polar surface area (TPSA) is 17.1 Å². The van der Waals surface area contributed by atoms with Crippen molar-refractivity contribution in [3.05, 3.63) is 35.9 Å². The number of ketones is 1. The number of benzene rings is 1. The first-order chi connectivity index (χ1) is 8.25. The molecule has 1 aliphatic carbocycles. The number of carbonyl (C=O) groups is 1. The van der Waals surface area contributed by atoms with Crippen LogP contribution in [0.25, 0.3) is 0 Å². The van der Waals surface area contributed by atoms with Crippen molar-refractivity contribution in [2.75, 3.05) is 0 Å². The molecule has 0 bridgehead atoms. The van der Waals surface area contributed by atoms with Crippen molar-refractivity contribution in [2.45, 2.75) is 45.4 Å². The van der Waals surface area contributed by atoms with Gasteiger partial charge < -0.3 is 0 Å². The van der Waals surface area contributed by atoms with Gasteiger partial charge in [-0.15, -0.1) is 0 Å². The Labute approximate surface area is 104 Å². The second-order valence-corrected chi connectivity index (χ2v) is 5.48. The fraction of sp³-hybridized carbons (Fsp3) is 0.562. The van der Waals surface area contributed by atoms with Gasteiger partial charge in [0.25, 0.3) is 0 Å². The van der Waals surface area contributed by atoms with Gasteiger partial charge in [-0.05, 0) is 18.3 Å². The van der Waals surface area contributed by atoms with Crippen LogP contribution in [0.2, 0.25) is 0 Å². The van der Waals surface area contributed by atoms with E-state index in [1.54, 1.807) is 0 Å². The van der Waals surface area contributed by atoms with Gasteiger partial charge in [0.2, 0.25) is 0 Å². The zero-order chi connectivity index (χ0) is 12.1. The molecule has 1 heteroatoms. The van der Waals surface area contributed by atoms with Crippen molar-refractivity contribution in [2.24, 2.45) is 11.8 Å². The van der Waals surface area contributed by atoms with Crippen LogP contribution >= 0.6 is 0 Å². The Kier molecular flexibility index (Phi) is 4.36. The van der Waals surface area contributed by atoms with Crippen LogP contribution < -0.4 is 0 Å². The number of Topliss-reactive ketones (excluding diaryl/α,β-unsaturated/α-hetero) is 1. The minimum absolute atomic E-state index is 0.324. The summed E-state index contributed by atoms with van der Waals surface area (Å²) in [5.41, 5.74) is 0.879. The predicted molar refractivity (Wildman–Crippen MR) is 71.1 cm³/mol. The van der Waals surface area contributed by atoms with Crippen LogP contribution in [0, 0.1) is 11.8 Å². The van der Waals surface area contributed by atoms with Crippen LogP contribution in [0.5, 0.6) is 0 Å². The summed E-state index contributed by atoms with van der Waals surface area (Å²) >= 11 is 0.